The molecule has 0 aliphatic rings. The molecular formula is C15H22O5S. The molecule has 1 aromatic carbocycles. The first kappa shape index (κ1) is 17.7. The van der Waals surface area contributed by atoms with Gasteiger partial charge in [0.2, 0.25) is 0 Å². The molecule has 1 rings (SSSR count). The van der Waals surface area contributed by atoms with Crippen molar-refractivity contribution in [2.45, 2.75) is 38.4 Å². The molecule has 1 aromatic rings. The van der Waals surface area contributed by atoms with E-state index in [0.29, 0.717) is 18.4 Å². The lowest BCUT2D eigenvalue weighted by Crippen LogP contribution is -2.29. The van der Waals surface area contributed by atoms with Crippen molar-refractivity contribution >= 4 is 16.1 Å². The minimum Gasteiger partial charge on any atom is -0.461 e. The van der Waals surface area contributed by atoms with Gasteiger partial charge in [-0.25, -0.2) is 4.79 Å². The van der Waals surface area contributed by atoms with Gasteiger partial charge < -0.3 is 4.74 Å². The number of rotatable bonds is 9. The maximum Gasteiger partial charge on any atom is 0.338 e. The predicted octanol–water partition coefficient (Wildman–Crippen LogP) is 2.77. The Balaban J connectivity index is 2.56. The SMILES string of the molecule is CCCCOS(=O)(=O)C(CC)COC(=O)c1ccccc1. The van der Waals surface area contributed by atoms with Crippen LogP contribution in [-0.2, 0) is 19.0 Å². The topological polar surface area (TPSA) is 69.7 Å². The van der Waals surface area contributed by atoms with Crippen molar-refractivity contribution in [3.8, 4) is 0 Å². The fourth-order valence-electron chi connectivity index (χ4n) is 1.65. The van der Waals surface area contributed by atoms with Gasteiger partial charge in [0.25, 0.3) is 10.1 Å². The van der Waals surface area contributed by atoms with Crippen molar-refractivity contribution in [2.75, 3.05) is 13.2 Å². The Labute approximate surface area is 126 Å². The van der Waals surface area contributed by atoms with Crippen LogP contribution in [-0.4, -0.2) is 32.9 Å². The van der Waals surface area contributed by atoms with Gasteiger partial charge >= 0.3 is 5.97 Å². The van der Waals surface area contributed by atoms with Crippen molar-refractivity contribution < 1.29 is 22.1 Å². The second-order valence-corrected chi connectivity index (χ2v) is 6.55. The van der Waals surface area contributed by atoms with Crippen molar-refractivity contribution in [1.82, 2.24) is 0 Å². The zero-order chi connectivity index (χ0) is 15.7. The van der Waals surface area contributed by atoms with Crippen LogP contribution in [0.3, 0.4) is 0 Å². The number of benzene rings is 1. The largest absolute Gasteiger partial charge is 0.461 e. The molecule has 1 unspecified atom stereocenters. The second kappa shape index (κ2) is 8.79. The van der Waals surface area contributed by atoms with Gasteiger partial charge in [-0.15, -0.1) is 0 Å². The van der Waals surface area contributed by atoms with E-state index in [1.54, 1.807) is 37.3 Å². The fraction of sp³-hybridized carbons (Fsp3) is 0.533. The zero-order valence-electron chi connectivity index (χ0n) is 12.4. The summed E-state index contributed by atoms with van der Waals surface area (Å²) in [6.07, 6.45) is 1.87. The molecule has 0 N–H and O–H groups in total. The summed E-state index contributed by atoms with van der Waals surface area (Å²) in [6, 6.07) is 8.47. The minimum atomic E-state index is -3.70. The lowest BCUT2D eigenvalue weighted by Gasteiger charge is -2.15. The van der Waals surface area contributed by atoms with Crippen LogP contribution < -0.4 is 0 Å². The monoisotopic (exact) mass is 314 g/mol. The Morgan fingerprint density at radius 2 is 1.86 bits per heavy atom. The first-order valence-electron chi connectivity index (χ1n) is 7.11. The highest BCUT2D eigenvalue weighted by atomic mass is 32.2. The minimum absolute atomic E-state index is 0.169. The molecule has 118 valence electrons. The Bertz CT molecular complexity index is 524. The summed E-state index contributed by atoms with van der Waals surface area (Å²) in [5, 5.41) is -0.831. The van der Waals surface area contributed by atoms with Gasteiger partial charge in [0.05, 0.1) is 12.2 Å². The lowest BCUT2D eigenvalue weighted by atomic mass is 10.2. The number of hydrogen-bond donors (Lipinski definition) is 0. The molecule has 0 saturated carbocycles. The molecule has 0 heterocycles. The van der Waals surface area contributed by atoms with Crippen molar-refractivity contribution in [2.24, 2.45) is 0 Å². The summed E-state index contributed by atoms with van der Waals surface area (Å²) in [5.41, 5.74) is 0.400. The molecule has 0 aliphatic carbocycles. The molecule has 0 bridgehead atoms. The highest BCUT2D eigenvalue weighted by Gasteiger charge is 2.26. The van der Waals surface area contributed by atoms with Crippen LogP contribution >= 0.6 is 0 Å². The fourth-order valence-corrected chi connectivity index (χ4v) is 2.83. The van der Waals surface area contributed by atoms with Gasteiger partial charge in [0.15, 0.2) is 0 Å². The quantitative estimate of drug-likeness (QED) is 0.398. The predicted molar refractivity (Wildman–Crippen MR) is 80.6 cm³/mol. The van der Waals surface area contributed by atoms with Crippen molar-refractivity contribution in [3.05, 3.63) is 35.9 Å². The molecule has 0 fully saturated rings. The third-order valence-electron chi connectivity index (χ3n) is 3.02. The van der Waals surface area contributed by atoms with Crippen LogP contribution in [0.1, 0.15) is 43.5 Å². The molecule has 6 heteroatoms. The first-order valence-corrected chi connectivity index (χ1v) is 8.58. The number of carbonyl (C=O) groups is 1. The maximum absolute atomic E-state index is 12.0. The number of unbranched alkanes of at least 4 members (excludes halogenated alkanes) is 1. The number of ether oxygens (including phenoxy) is 1. The molecule has 5 nitrogen and oxygen atoms in total. The molecule has 1 atom stereocenters. The van der Waals surface area contributed by atoms with E-state index in [0.717, 1.165) is 6.42 Å². The van der Waals surface area contributed by atoms with E-state index in [2.05, 4.69) is 0 Å². The average Bonchev–Trinajstić information content (AvgIpc) is 2.48. The number of hydrogen-bond acceptors (Lipinski definition) is 5. The van der Waals surface area contributed by atoms with E-state index in [4.69, 9.17) is 8.92 Å². The zero-order valence-corrected chi connectivity index (χ0v) is 13.3. The van der Waals surface area contributed by atoms with E-state index >= 15 is 0 Å². The number of esters is 1. The molecule has 0 saturated heterocycles. The molecule has 0 aliphatic heterocycles. The van der Waals surface area contributed by atoms with E-state index in [9.17, 15) is 13.2 Å². The Morgan fingerprint density at radius 3 is 2.43 bits per heavy atom. The van der Waals surface area contributed by atoms with Crippen molar-refractivity contribution in [3.63, 3.8) is 0 Å². The normalized spacial score (nSPS) is 12.9. The second-order valence-electron chi connectivity index (χ2n) is 4.66. The summed E-state index contributed by atoms with van der Waals surface area (Å²) < 4.78 is 34.0. The number of carbonyl (C=O) groups excluding carboxylic acids is 1. The van der Waals surface area contributed by atoms with Crippen LogP contribution in [0.15, 0.2) is 30.3 Å². The molecule has 0 amide bonds. The highest BCUT2D eigenvalue weighted by molar-refractivity contribution is 7.87. The first-order chi connectivity index (χ1) is 10.0. The van der Waals surface area contributed by atoms with Gasteiger partial charge in [-0.3, -0.25) is 4.18 Å². The lowest BCUT2D eigenvalue weighted by molar-refractivity contribution is 0.0500. The van der Waals surface area contributed by atoms with Crippen LogP contribution in [0.25, 0.3) is 0 Å². The standard InChI is InChI=1S/C15H22O5S/c1-3-5-11-20-21(17,18)14(4-2)12-19-15(16)13-9-7-6-8-10-13/h6-10,14H,3-5,11-12H2,1-2H3. The van der Waals surface area contributed by atoms with Crippen LogP contribution in [0.2, 0.25) is 0 Å². The molecule has 0 spiro atoms. The van der Waals surface area contributed by atoms with E-state index in [1.165, 1.54) is 0 Å². The van der Waals surface area contributed by atoms with Crippen LogP contribution in [0.5, 0.6) is 0 Å². The smallest absolute Gasteiger partial charge is 0.338 e. The molecule has 0 aromatic heterocycles. The van der Waals surface area contributed by atoms with Gasteiger partial charge in [-0.05, 0) is 25.0 Å². The van der Waals surface area contributed by atoms with E-state index in [-0.39, 0.29) is 13.2 Å². The van der Waals surface area contributed by atoms with Gasteiger partial charge in [0.1, 0.15) is 11.9 Å². The summed E-state index contributed by atoms with van der Waals surface area (Å²) >= 11 is 0. The van der Waals surface area contributed by atoms with Crippen LogP contribution in [0.4, 0.5) is 0 Å². The van der Waals surface area contributed by atoms with Gasteiger partial charge in [-0.2, -0.15) is 8.42 Å². The maximum atomic E-state index is 12.0. The summed E-state index contributed by atoms with van der Waals surface area (Å²) in [6.45, 7) is 3.65. The molecule has 0 radical (unpaired) electrons. The average molecular weight is 314 g/mol. The highest BCUT2D eigenvalue weighted by Crippen LogP contribution is 2.11. The third-order valence-corrected chi connectivity index (χ3v) is 4.80. The Hall–Kier alpha value is -1.40. The van der Waals surface area contributed by atoms with E-state index in [1.807, 2.05) is 6.92 Å². The molecular weight excluding hydrogens is 292 g/mol. The van der Waals surface area contributed by atoms with E-state index < -0.39 is 21.3 Å². The molecule has 21 heavy (non-hydrogen) atoms. The summed E-state index contributed by atoms with van der Waals surface area (Å²) in [7, 11) is -3.70. The summed E-state index contributed by atoms with van der Waals surface area (Å²) in [5.74, 6) is -0.530. The van der Waals surface area contributed by atoms with Gasteiger partial charge in [-0.1, -0.05) is 38.5 Å². The van der Waals surface area contributed by atoms with Crippen molar-refractivity contribution in [1.29, 1.82) is 0 Å². The Morgan fingerprint density at radius 1 is 1.19 bits per heavy atom. The third kappa shape index (κ3) is 5.85. The van der Waals surface area contributed by atoms with Gasteiger partial charge in [0, 0.05) is 0 Å². The Kier molecular flexibility index (Phi) is 7.39. The van der Waals surface area contributed by atoms with Crippen LogP contribution in [0, 0.1) is 0 Å². The summed E-state index contributed by atoms with van der Waals surface area (Å²) in [4.78, 5) is 11.8.